The number of Topliss-reactive ketones (excluding diaryl/α,β-unsaturated/α-hetero) is 1. The molecule has 0 aromatic heterocycles. The van der Waals surface area contributed by atoms with Gasteiger partial charge in [0.1, 0.15) is 0 Å². The van der Waals surface area contributed by atoms with Crippen LogP contribution in [0.15, 0.2) is 42.5 Å². The van der Waals surface area contributed by atoms with Crippen molar-refractivity contribution in [1.29, 1.82) is 0 Å². The maximum Gasteiger partial charge on any atom is 0.166 e. The Labute approximate surface area is 167 Å². The molecule has 4 nitrogen and oxygen atoms in total. The van der Waals surface area contributed by atoms with Crippen molar-refractivity contribution in [1.82, 2.24) is 5.32 Å². The van der Waals surface area contributed by atoms with Gasteiger partial charge in [0, 0.05) is 11.5 Å². The molecule has 148 valence electrons. The van der Waals surface area contributed by atoms with E-state index < -0.39 is 0 Å². The second kappa shape index (κ2) is 8.36. The molecule has 2 aromatic rings. The minimum Gasteiger partial charge on any atom is -0.493 e. The van der Waals surface area contributed by atoms with Gasteiger partial charge in [-0.3, -0.25) is 4.79 Å². The van der Waals surface area contributed by atoms with Crippen LogP contribution in [-0.4, -0.2) is 33.1 Å². The van der Waals surface area contributed by atoms with Crippen LogP contribution >= 0.6 is 0 Å². The number of nitrogens with one attached hydrogen (secondary N) is 1. The van der Waals surface area contributed by atoms with Crippen molar-refractivity contribution < 1.29 is 14.3 Å². The summed E-state index contributed by atoms with van der Waals surface area (Å²) in [6, 6.07) is 14.5. The number of fused-ring (bicyclic) bond motifs is 1. The number of rotatable bonds is 6. The molecule has 1 fully saturated rings. The Morgan fingerprint density at radius 2 is 1.71 bits per heavy atom. The summed E-state index contributed by atoms with van der Waals surface area (Å²) in [6.07, 6.45) is 4.05. The zero-order chi connectivity index (χ0) is 19.5. The monoisotopic (exact) mass is 379 g/mol. The molecule has 0 bridgehead atoms. The number of methoxy groups -OCH3 is 2. The third-order valence-corrected chi connectivity index (χ3v) is 6.47. The number of ketones is 1. The van der Waals surface area contributed by atoms with Crippen molar-refractivity contribution in [2.45, 2.75) is 25.7 Å². The van der Waals surface area contributed by atoms with Crippen LogP contribution in [0.4, 0.5) is 0 Å². The Morgan fingerprint density at radius 3 is 2.39 bits per heavy atom. The van der Waals surface area contributed by atoms with E-state index in [1.54, 1.807) is 14.2 Å². The minimum atomic E-state index is 0.0371. The number of ether oxygens (including phenoxy) is 2. The van der Waals surface area contributed by atoms with Gasteiger partial charge in [-0.2, -0.15) is 0 Å². The fourth-order valence-corrected chi connectivity index (χ4v) is 4.99. The quantitative estimate of drug-likeness (QED) is 0.826. The number of carbonyl (C=O) groups excluding carboxylic acids is 1. The van der Waals surface area contributed by atoms with Crippen LogP contribution < -0.4 is 14.8 Å². The molecule has 2 unspecified atom stereocenters. The molecule has 1 aliphatic carbocycles. The molecule has 2 atom stereocenters. The smallest absolute Gasteiger partial charge is 0.166 e. The van der Waals surface area contributed by atoms with Crippen molar-refractivity contribution in [3.8, 4) is 11.5 Å². The van der Waals surface area contributed by atoms with Crippen LogP contribution in [0.25, 0.3) is 0 Å². The van der Waals surface area contributed by atoms with E-state index in [0.717, 1.165) is 49.9 Å². The highest BCUT2D eigenvalue weighted by Crippen LogP contribution is 2.42. The van der Waals surface area contributed by atoms with Gasteiger partial charge < -0.3 is 14.8 Å². The summed E-state index contributed by atoms with van der Waals surface area (Å²) in [5, 5.41) is 3.46. The highest BCUT2D eigenvalue weighted by atomic mass is 16.5. The number of carbonyl (C=O) groups is 1. The lowest BCUT2D eigenvalue weighted by atomic mass is 9.72. The van der Waals surface area contributed by atoms with Crippen LogP contribution in [0.1, 0.15) is 34.3 Å². The lowest BCUT2D eigenvalue weighted by Gasteiger charge is -2.34. The first-order valence-corrected chi connectivity index (χ1v) is 10.2. The first kappa shape index (κ1) is 19.0. The summed E-state index contributed by atoms with van der Waals surface area (Å²) in [4.78, 5) is 13.4. The summed E-state index contributed by atoms with van der Waals surface area (Å²) >= 11 is 0. The summed E-state index contributed by atoms with van der Waals surface area (Å²) in [7, 11) is 3.26. The molecule has 0 radical (unpaired) electrons. The lowest BCUT2D eigenvalue weighted by molar-refractivity contribution is 0.0831. The zero-order valence-corrected chi connectivity index (χ0v) is 16.7. The van der Waals surface area contributed by atoms with Gasteiger partial charge in [-0.1, -0.05) is 30.3 Å². The predicted molar refractivity (Wildman–Crippen MR) is 110 cm³/mol. The Morgan fingerprint density at radius 1 is 1.04 bits per heavy atom. The maximum atomic E-state index is 13.4. The first-order valence-electron chi connectivity index (χ1n) is 10.2. The Kier molecular flexibility index (Phi) is 5.67. The van der Waals surface area contributed by atoms with E-state index in [2.05, 4.69) is 35.6 Å². The van der Waals surface area contributed by atoms with Gasteiger partial charge in [0.2, 0.25) is 0 Å². The van der Waals surface area contributed by atoms with Crippen LogP contribution in [0.2, 0.25) is 0 Å². The van der Waals surface area contributed by atoms with E-state index in [1.807, 2.05) is 12.1 Å². The van der Waals surface area contributed by atoms with E-state index in [9.17, 15) is 4.79 Å². The SMILES string of the molecule is COc1cc2c(cc1OC)C(=O)C(C(Cc1ccccc1)C1CCNCC1)C2. The van der Waals surface area contributed by atoms with Gasteiger partial charge in [-0.25, -0.2) is 0 Å². The molecule has 4 rings (SSSR count). The second-order valence-corrected chi connectivity index (χ2v) is 7.98. The molecular weight excluding hydrogens is 350 g/mol. The predicted octanol–water partition coefficient (Wildman–Crippen LogP) is 3.92. The van der Waals surface area contributed by atoms with Crippen molar-refractivity contribution in [3.63, 3.8) is 0 Å². The molecule has 1 heterocycles. The molecule has 28 heavy (non-hydrogen) atoms. The van der Waals surface area contributed by atoms with E-state index in [1.165, 1.54) is 5.56 Å². The normalized spacial score (nSPS) is 20.6. The Bertz CT molecular complexity index is 827. The Hall–Kier alpha value is -2.33. The van der Waals surface area contributed by atoms with Crippen LogP contribution in [0.5, 0.6) is 11.5 Å². The molecule has 1 aliphatic heterocycles. The average molecular weight is 380 g/mol. The van der Waals surface area contributed by atoms with Gasteiger partial charge in [-0.15, -0.1) is 0 Å². The van der Waals surface area contributed by atoms with E-state index in [0.29, 0.717) is 23.3 Å². The van der Waals surface area contributed by atoms with Crippen molar-refractivity contribution in [3.05, 3.63) is 59.2 Å². The summed E-state index contributed by atoms with van der Waals surface area (Å²) < 4.78 is 10.9. The van der Waals surface area contributed by atoms with Gasteiger partial charge >= 0.3 is 0 Å². The standard InChI is InChI=1S/C24H29NO3/c1-27-22-14-18-13-21(24(26)20(18)15-23(22)28-2)19(17-8-10-25-11-9-17)12-16-6-4-3-5-7-16/h3-7,14-15,17,19,21,25H,8-13H2,1-2H3. The maximum absolute atomic E-state index is 13.4. The number of hydrogen-bond acceptors (Lipinski definition) is 4. The molecule has 2 aromatic carbocycles. The zero-order valence-electron chi connectivity index (χ0n) is 16.7. The van der Waals surface area contributed by atoms with Gasteiger partial charge in [0.25, 0.3) is 0 Å². The lowest BCUT2D eigenvalue weighted by Crippen LogP contribution is -2.37. The molecule has 0 saturated carbocycles. The van der Waals surface area contributed by atoms with E-state index in [-0.39, 0.29) is 11.7 Å². The van der Waals surface area contributed by atoms with Crippen molar-refractivity contribution in [2.75, 3.05) is 27.3 Å². The summed E-state index contributed by atoms with van der Waals surface area (Å²) in [5.74, 6) is 2.59. The number of benzene rings is 2. The van der Waals surface area contributed by atoms with Crippen LogP contribution in [0, 0.1) is 17.8 Å². The molecule has 1 saturated heterocycles. The fourth-order valence-electron chi connectivity index (χ4n) is 4.99. The van der Waals surface area contributed by atoms with Gasteiger partial charge in [0.05, 0.1) is 14.2 Å². The minimum absolute atomic E-state index is 0.0371. The van der Waals surface area contributed by atoms with Crippen molar-refractivity contribution in [2.24, 2.45) is 17.8 Å². The molecular formula is C24H29NO3. The highest BCUT2D eigenvalue weighted by molar-refractivity contribution is 6.03. The van der Waals surface area contributed by atoms with E-state index in [4.69, 9.17) is 9.47 Å². The summed E-state index contributed by atoms with van der Waals surface area (Å²) in [5.41, 5.74) is 3.24. The first-order chi connectivity index (χ1) is 13.7. The largest absolute Gasteiger partial charge is 0.493 e. The molecule has 0 amide bonds. The fraction of sp³-hybridized carbons (Fsp3) is 0.458. The molecule has 4 heteroatoms. The van der Waals surface area contributed by atoms with Crippen LogP contribution in [0.3, 0.4) is 0 Å². The topological polar surface area (TPSA) is 47.6 Å². The van der Waals surface area contributed by atoms with Crippen molar-refractivity contribution >= 4 is 5.78 Å². The van der Waals surface area contributed by atoms with Gasteiger partial charge in [-0.05, 0) is 73.9 Å². The van der Waals surface area contributed by atoms with Gasteiger partial charge in [0.15, 0.2) is 17.3 Å². The third kappa shape index (κ3) is 3.66. The second-order valence-electron chi connectivity index (χ2n) is 7.98. The molecule has 1 N–H and O–H groups in total. The molecule has 0 spiro atoms. The third-order valence-electron chi connectivity index (χ3n) is 6.47. The average Bonchev–Trinajstić information content (AvgIpc) is 3.07. The van der Waals surface area contributed by atoms with E-state index >= 15 is 0 Å². The highest BCUT2D eigenvalue weighted by Gasteiger charge is 2.40. The van der Waals surface area contributed by atoms with Crippen LogP contribution in [-0.2, 0) is 12.8 Å². The number of piperidine rings is 1. The Balaban J connectivity index is 1.65. The number of hydrogen-bond donors (Lipinski definition) is 1. The summed E-state index contributed by atoms with van der Waals surface area (Å²) in [6.45, 7) is 2.09. The molecule has 2 aliphatic rings.